The molecule has 0 radical (unpaired) electrons. The number of Topliss-reactive ketones (excluding diaryl/α,β-unsaturated/α-hetero) is 1. The van der Waals surface area contributed by atoms with Crippen LogP contribution in [0.25, 0.3) is 0 Å². The van der Waals surface area contributed by atoms with Crippen molar-refractivity contribution >= 4 is 11.7 Å². The summed E-state index contributed by atoms with van der Waals surface area (Å²) in [5.41, 5.74) is 10.2. The van der Waals surface area contributed by atoms with Gasteiger partial charge in [0.05, 0.1) is 0 Å². The maximum Gasteiger partial charge on any atom is 0.185 e. The highest BCUT2D eigenvalue weighted by molar-refractivity contribution is 5.76. The molecule has 0 saturated carbocycles. The molecule has 4 nitrogen and oxygen atoms in total. The summed E-state index contributed by atoms with van der Waals surface area (Å²) in [4.78, 5) is 14.4. The average Bonchev–Trinajstić information content (AvgIpc) is 1.97. The highest BCUT2D eigenvalue weighted by Gasteiger charge is 2.03. The number of carbonyl (C=O) groups is 1. The third kappa shape index (κ3) is 6.83. The van der Waals surface area contributed by atoms with Gasteiger partial charge < -0.3 is 16.3 Å². The molecule has 1 atom stereocenters. The lowest BCUT2D eigenvalue weighted by atomic mass is 10.1. The van der Waals surface area contributed by atoms with Crippen LogP contribution in [0.4, 0.5) is 0 Å². The molecule has 0 aromatic heterocycles. The number of carbonyl (C=O) groups excluding carboxylic acids is 1. The van der Waals surface area contributed by atoms with Crippen LogP contribution in [0.5, 0.6) is 0 Å². The fourth-order valence-electron chi connectivity index (χ4n) is 0.706. The number of ketones is 1. The molecule has 0 saturated heterocycles. The first-order valence-corrected chi connectivity index (χ1v) is 3.40. The summed E-state index contributed by atoms with van der Waals surface area (Å²) in [5, 5.41) is 0. The van der Waals surface area contributed by atoms with Crippen molar-refractivity contribution in [2.24, 2.45) is 22.4 Å². The van der Waals surface area contributed by atoms with E-state index in [-0.39, 0.29) is 24.6 Å². The van der Waals surface area contributed by atoms with Gasteiger partial charge in [-0.15, -0.1) is 0 Å². The van der Waals surface area contributed by atoms with E-state index in [2.05, 4.69) is 4.99 Å². The Morgan fingerprint density at radius 2 is 2.36 bits per heavy atom. The van der Waals surface area contributed by atoms with E-state index in [1.165, 1.54) is 6.92 Å². The van der Waals surface area contributed by atoms with Crippen LogP contribution in [-0.4, -0.2) is 18.3 Å². The first kappa shape index (κ1) is 8.04. The molecule has 4 N–H and O–H groups in total. The molecule has 0 spiro atoms. The van der Waals surface area contributed by atoms with E-state index in [0.29, 0.717) is 13.0 Å². The molecule has 0 fully saturated rings. The Morgan fingerprint density at radius 3 is 2.73 bits per heavy atom. The summed E-state index contributed by atoms with van der Waals surface area (Å²) in [6.07, 6.45) is 0.375. The number of hydrogen-bond donors (Lipinski definition) is 2. The van der Waals surface area contributed by atoms with Crippen LogP contribution < -0.4 is 11.5 Å². The minimum absolute atomic E-state index is 0.0111. The van der Waals surface area contributed by atoms with Gasteiger partial charge in [-0.05, 0) is 12.8 Å². The summed E-state index contributed by atoms with van der Waals surface area (Å²) in [6, 6.07) is 0. The minimum atomic E-state index is -0.0513. The van der Waals surface area contributed by atoms with Crippen LogP contribution in [0.15, 0.2) is 4.99 Å². The highest BCUT2D eigenvalue weighted by Crippen LogP contribution is 2.01. The molecule has 0 rings (SSSR count). The van der Waals surface area contributed by atoms with Crippen LogP contribution in [-0.2, 0) is 4.79 Å². The second-order valence-electron chi connectivity index (χ2n) is 2.54. The summed E-state index contributed by atoms with van der Waals surface area (Å²) in [6.45, 7) is 2.04. The quantitative estimate of drug-likeness (QED) is 0.442. The molecule has 0 aliphatic carbocycles. The molecule has 0 aliphatic heterocycles. The second-order valence-corrected chi connectivity index (χ2v) is 2.54. The van der Waals surface area contributed by atoms with Gasteiger partial charge >= 0.3 is 0 Å². The Hall–Kier alpha value is -1.06. The SMILES string of the molecule is [2H]CC(CN=C(N)N)CC(C)=O. The van der Waals surface area contributed by atoms with Gasteiger partial charge in [0.2, 0.25) is 0 Å². The third-order valence-electron chi connectivity index (χ3n) is 1.11. The number of guanidine groups is 1. The van der Waals surface area contributed by atoms with Crippen LogP contribution in [0, 0.1) is 5.92 Å². The maximum atomic E-state index is 10.7. The standard InChI is InChI=1S/C7H15N3O/c1-5(3-6(2)11)4-10-7(8)9/h5H,3-4H2,1-2H3,(H4,8,9,10)/i1D. The lowest BCUT2D eigenvalue weighted by molar-refractivity contribution is -0.117. The molecule has 11 heavy (non-hydrogen) atoms. The summed E-state index contributed by atoms with van der Waals surface area (Å²) in [7, 11) is 0. The van der Waals surface area contributed by atoms with Gasteiger partial charge in [-0.1, -0.05) is 6.90 Å². The second kappa shape index (κ2) is 4.71. The van der Waals surface area contributed by atoms with Gasteiger partial charge in [-0.25, -0.2) is 0 Å². The van der Waals surface area contributed by atoms with Crippen molar-refractivity contribution in [3.63, 3.8) is 0 Å². The Balaban J connectivity index is 3.83. The molecule has 0 bridgehead atoms. The van der Waals surface area contributed by atoms with Gasteiger partial charge in [0.25, 0.3) is 0 Å². The summed E-state index contributed by atoms with van der Waals surface area (Å²) < 4.78 is 7.09. The molecule has 1 unspecified atom stereocenters. The highest BCUT2D eigenvalue weighted by atomic mass is 16.1. The minimum Gasteiger partial charge on any atom is -0.370 e. The lowest BCUT2D eigenvalue weighted by Crippen LogP contribution is -2.24. The van der Waals surface area contributed by atoms with E-state index in [0.717, 1.165) is 0 Å². The number of hydrogen-bond acceptors (Lipinski definition) is 2. The van der Waals surface area contributed by atoms with Gasteiger partial charge in [-0.3, -0.25) is 4.99 Å². The van der Waals surface area contributed by atoms with E-state index in [1.807, 2.05) is 0 Å². The normalized spacial score (nSPS) is 13.4. The fourth-order valence-corrected chi connectivity index (χ4v) is 0.706. The monoisotopic (exact) mass is 158 g/mol. The topological polar surface area (TPSA) is 81.5 Å². The van der Waals surface area contributed by atoms with Crippen molar-refractivity contribution in [3.8, 4) is 0 Å². The van der Waals surface area contributed by atoms with E-state index < -0.39 is 0 Å². The molecule has 0 heterocycles. The van der Waals surface area contributed by atoms with E-state index in [1.54, 1.807) is 0 Å². The Labute approximate surface area is 68.1 Å². The number of nitrogens with two attached hydrogens (primary N) is 2. The molecule has 4 heteroatoms. The molecule has 0 aromatic rings. The molecule has 0 aliphatic rings. The molecule has 0 aromatic carbocycles. The lowest BCUT2D eigenvalue weighted by Gasteiger charge is -2.04. The molecule has 0 amide bonds. The van der Waals surface area contributed by atoms with Crippen molar-refractivity contribution in [1.29, 1.82) is 0 Å². The largest absolute Gasteiger partial charge is 0.370 e. The van der Waals surface area contributed by atoms with Crippen molar-refractivity contribution < 1.29 is 6.17 Å². The zero-order valence-electron chi connectivity index (χ0n) is 7.71. The number of rotatable bonds is 4. The third-order valence-corrected chi connectivity index (χ3v) is 1.11. The van der Waals surface area contributed by atoms with Crippen LogP contribution in [0.1, 0.15) is 21.6 Å². The molecule has 64 valence electrons. The Morgan fingerprint density at radius 1 is 1.73 bits per heavy atom. The van der Waals surface area contributed by atoms with Gasteiger partial charge in [0.15, 0.2) is 5.96 Å². The van der Waals surface area contributed by atoms with E-state index >= 15 is 0 Å². The van der Waals surface area contributed by atoms with Gasteiger partial charge in [0, 0.05) is 14.3 Å². The smallest absolute Gasteiger partial charge is 0.185 e. The van der Waals surface area contributed by atoms with Crippen LogP contribution in [0.2, 0.25) is 0 Å². The summed E-state index contributed by atoms with van der Waals surface area (Å²) in [5.74, 6) is 0.0274. The van der Waals surface area contributed by atoms with Crippen molar-refractivity contribution in [1.82, 2.24) is 0 Å². The first-order chi connectivity index (χ1) is 5.56. The average molecular weight is 158 g/mol. The van der Waals surface area contributed by atoms with Gasteiger partial charge in [0.1, 0.15) is 5.78 Å². The first-order valence-electron chi connectivity index (χ1n) is 4.11. The maximum absolute atomic E-state index is 10.7. The van der Waals surface area contributed by atoms with E-state index in [4.69, 9.17) is 12.8 Å². The zero-order valence-corrected chi connectivity index (χ0v) is 6.71. The van der Waals surface area contributed by atoms with Crippen molar-refractivity contribution in [3.05, 3.63) is 0 Å². The Bertz CT molecular complexity index is 177. The van der Waals surface area contributed by atoms with Crippen molar-refractivity contribution in [2.75, 3.05) is 6.54 Å². The fraction of sp³-hybridized carbons (Fsp3) is 0.714. The predicted molar refractivity (Wildman–Crippen MR) is 45.1 cm³/mol. The number of aliphatic imine (C=N–C) groups is 1. The number of nitrogens with zero attached hydrogens (tertiary/aromatic N) is 1. The zero-order chi connectivity index (χ0) is 9.56. The van der Waals surface area contributed by atoms with Gasteiger partial charge in [-0.2, -0.15) is 0 Å². The van der Waals surface area contributed by atoms with Crippen LogP contribution >= 0.6 is 0 Å². The molecular weight excluding hydrogens is 142 g/mol. The predicted octanol–water partition coefficient (Wildman–Crippen LogP) is -0.125. The van der Waals surface area contributed by atoms with E-state index in [9.17, 15) is 4.79 Å². The summed E-state index contributed by atoms with van der Waals surface area (Å²) >= 11 is 0. The Kier molecular flexibility index (Phi) is 3.44. The van der Waals surface area contributed by atoms with Crippen LogP contribution in [0.3, 0.4) is 0 Å². The molecular formula is C7H15N3O. The van der Waals surface area contributed by atoms with Crippen molar-refractivity contribution in [2.45, 2.75) is 20.2 Å².